The average Bonchev–Trinajstić information content (AvgIpc) is 0.733. The minimum Gasteiger partial charge on any atom is -0.0622 e. The molecule has 0 aliphatic heterocycles. The van der Waals surface area contributed by atoms with Gasteiger partial charge in [0, 0.05) is 8.95 Å². The maximum absolute atomic E-state index is 9.44. The largest absolute Gasteiger partial charge is 0.0622 e. The van der Waals surface area contributed by atoms with Gasteiger partial charge in [0.05, 0.1) is 0 Å². The fourth-order valence-corrected chi connectivity index (χ4v) is 19.7. The second kappa shape index (κ2) is 40.9. The molecule has 0 saturated carbocycles. The van der Waals surface area contributed by atoms with Gasteiger partial charge < -0.3 is 20.1 Å². The molecule has 623 valence electrons. The van der Waals surface area contributed by atoms with Crippen molar-refractivity contribution in [1.82, 2.24) is 0 Å². The van der Waals surface area contributed by atoms with E-state index in [0.29, 0.717) is 10.9 Å². The van der Waals surface area contributed by atoms with Gasteiger partial charge in [-0.2, -0.15) is 0 Å². The van der Waals surface area contributed by atoms with Crippen molar-refractivity contribution < 1.29 is 20.1 Å². The SMILES string of the molecule is Brc1c2ccccc2c(-c2cccc3ccccc23)c2ccccc12.Brc1c2ccccc2cc2ccccc12.OB(O)c1ccc(-c2ccccc2)c2ccccc12.OB(O)c1cccc2ccccc12.[B]=NS.c1ccc(-c2c3ccccc3cc3ccccc23)cc1.c1ccc(-c2ccc(-c3c4ccccc4c(-c4ccccc4)c4ccccc34)c3ccccc23)cc1. The topological polar surface area (TPSA) is 93.3 Å². The van der Waals surface area contributed by atoms with Crippen molar-refractivity contribution in [3.8, 4) is 66.8 Å². The molecule has 4 N–H and O–H groups in total. The first-order valence-corrected chi connectivity index (χ1v) is 45.5. The van der Waals surface area contributed by atoms with Crippen molar-refractivity contribution in [3.63, 3.8) is 0 Å². The molecule has 24 rings (SSSR count). The zero-order valence-electron chi connectivity index (χ0n) is 71.4. The van der Waals surface area contributed by atoms with Gasteiger partial charge in [-0.05, 0) is 251 Å². The van der Waals surface area contributed by atoms with Crippen molar-refractivity contribution in [2.45, 2.75) is 0 Å². The maximum atomic E-state index is 9.44. The van der Waals surface area contributed by atoms with Crippen LogP contribution in [0.15, 0.2) is 499 Å². The molecular formula is C120H85B3Br2NO4S. The first kappa shape index (κ1) is 87.2. The molecule has 24 aromatic carbocycles. The molecule has 0 amide bonds. The van der Waals surface area contributed by atoms with Gasteiger partial charge in [0.25, 0.3) is 0 Å². The van der Waals surface area contributed by atoms with Crippen LogP contribution >= 0.6 is 44.7 Å². The fraction of sp³-hybridized carbons (Fsp3) is 0. The van der Waals surface area contributed by atoms with Crippen LogP contribution < -0.4 is 10.9 Å². The zero-order valence-corrected chi connectivity index (χ0v) is 75.4. The number of nitrogens with zero attached hydrogens (tertiary/aromatic N) is 1. The Morgan fingerprint density at radius 2 is 0.412 bits per heavy atom. The van der Waals surface area contributed by atoms with Crippen molar-refractivity contribution >= 4 is 207 Å². The summed E-state index contributed by atoms with van der Waals surface area (Å²) in [5.41, 5.74) is 16.2. The van der Waals surface area contributed by atoms with Crippen LogP contribution in [0.1, 0.15) is 0 Å². The first-order chi connectivity index (χ1) is 64.5. The van der Waals surface area contributed by atoms with E-state index in [-0.39, 0.29) is 0 Å². The van der Waals surface area contributed by atoms with Gasteiger partial charge in [-0.3, -0.25) is 0 Å². The molecule has 1 radical (unpaired) electrons. The summed E-state index contributed by atoms with van der Waals surface area (Å²) in [6.07, 6.45) is 0. The monoisotopic (exact) mass is 1830 g/mol. The number of halogens is 2. The van der Waals surface area contributed by atoms with Crippen molar-refractivity contribution in [1.29, 1.82) is 0 Å². The van der Waals surface area contributed by atoms with Gasteiger partial charge in [0.1, 0.15) is 0 Å². The van der Waals surface area contributed by atoms with Gasteiger partial charge in [-0.1, -0.05) is 473 Å². The smallest absolute Gasteiger partial charge is 0.00201 e. The van der Waals surface area contributed by atoms with Crippen molar-refractivity contribution in [2.24, 2.45) is 4.30 Å². The normalized spacial score (nSPS) is 10.9. The second-order valence-corrected chi connectivity index (χ2v) is 33.6. The van der Waals surface area contributed by atoms with Gasteiger partial charge >= 0.3 is 39.0 Å². The predicted octanol–water partition coefficient (Wildman–Crippen LogP) is 31.0. The fourth-order valence-electron chi connectivity index (χ4n) is 18.3. The predicted molar refractivity (Wildman–Crippen MR) is 574 cm³/mol. The Morgan fingerprint density at radius 1 is 0.183 bits per heavy atom. The quantitative estimate of drug-likeness (QED) is 0.0595. The van der Waals surface area contributed by atoms with Gasteiger partial charge in [-0.15, -0.1) is 0 Å². The number of hydrogen-bond acceptors (Lipinski definition) is 6. The molecule has 0 heterocycles. The van der Waals surface area contributed by atoms with E-state index >= 15 is 0 Å². The van der Waals surface area contributed by atoms with Crippen LogP contribution in [0.25, 0.3) is 196 Å². The molecule has 24 aromatic rings. The number of fused-ring (bicyclic) bond motifs is 12. The third-order valence-electron chi connectivity index (χ3n) is 24.2. The summed E-state index contributed by atoms with van der Waals surface area (Å²) in [6.45, 7) is 0. The van der Waals surface area contributed by atoms with Gasteiger partial charge in [-0.25, -0.2) is 0 Å². The molecule has 131 heavy (non-hydrogen) atoms. The third-order valence-corrected chi connectivity index (χ3v) is 25.9. The standard InChI is InChI=1S/C36H24.C24H15Br.C20H14.C16H13BO2.C14H9Br.C10H9BO2.BHNS/c1-3-13-25(14-4-1)27-23-24-34(29-18-8-7-17-28(27)29)36-32-21-11-9-19-30(32)35(26-15-5-2-6-16-26)31-20-10-12-22-33(31)36;25-24-21-13-5-3-11-19(21)23(20-12-4-6-14-22(20)24)18-15-7-9-16-8-1-2-10-17(16)18;1-2-8-15(9-3-1)20-18-12-6-4-10-16(18)14-17-11-5-7-13-19(17)20;18-17(19)16-11-10-13(12-6-2-1-3-7-12)14-8-4-5-9-15(14)16;15-14-12-7-3-1-5-10(12)9-11-6-2-4-8-13(11)14;12-11(13)10-7-3-5-8-4-1-2-6-9(8)10;1-2-3/h1-24H;1-15H;1-14H;1-11,18-19H;1-9H;1-7,12-13H;3H. The molecule has 0 spiro atoms. The van der Waals surface area contributed by atoms with E-state index in [1.165, 1.54) is 172 Å². The molecule has 0 aromatic heterocycles. The molecule has 5 nitrogen and oxygen atoms in total. The molecule has 0 aliphatic rings. The summed E-state index contributed by atoms with van der Waals surface area (Å²) in [7, 11) is 1.49. The van der Waals surface area contributed by atoms with Crippen LogP contribution in [0, 0.1) is 0 Å². The molecule has 0 bridgehead atoms. The minimum absolute atomic E-state index is 0.537. The Kier molecular flexibility index (Phi) is 27.2. The Labute approximate surface area is 785 Å². The summed E-state index contributed by atoms with van der Waals surface area (Å²) < 4.78 is 5.05. The molecule has 0 saturated heterocycles. The van der Waals surface area contributed by atoms with E-state index in [9.17, 15) is 10.0 Å². The Balaban J connectivity index is 0.000000108. The second-order valence-electron chi connectivity index (χ2n) is 31.8. The number of benzene rings is 24. The van der Waals surface area contributed by atoms with E-state index < -0.39 is 14.2 Å². The van der Waals surface area contributed by atoms with E-state index in [0.717, 1.165) is 32.7 Å². The number of thiol groups is 1. The van der Waals surface area contributed by atoms with Crippen LogP contribution in [0.3, 0.4) is 0 Å². The van der Waals surface area contributed by atoms with E-state index in [1.54, 1.807) is 12.1 Å². The first-order valence-electron chi connectivity index (χ1n) is 43.5. The molecule has 11 heteroatoms. The van der Waals surface area contributed by atoms with Crippen LogP contribution in [0.2, 0.25) is 0 Å². The minimum atomic E-state index is -1.45. The van der Waals surface area contributed by atoms with E-state index in [4.69, 9.17) is 10.0 Å². The van der Waals surface area contributed by atoms with Gasteiger partial charge in [0.2, 0.25) is 0 Å². The van der Waals surface area contributed by atoms with E-state index in [1.807, 2.05) is 84.9 Å². The van der Waals surface area contributed by atoms with E-state index in [2.05, 4.69) is 445 Å². The van der Waals surface area contributed by atoms with Crippen LogP contribution in [0.4, 0.5) is 0 Å². The van der Waals surface area contributed by atoms with Crippen LogP contribution in [-0.2, 0) is 0 Å². The Bertz CT molecular complexity index is 8030. The Morgan fingerprint density at radius 3 is 0.824 bits per heavy atom. The third kappa shape index (κ3) is 18.5. The summed E-state index contributed by atoms with van der Waals surface area (Å²) in [4.78, 5) is 0. The van der Waals surface area contributed by atoms with Crippen LogP contribution in [-0.4, -0.2) is 42.0 Å². The maximum Gasteiger partial charge on any atom is -0.00201 e. The van der Waals surface area contributed by atoms with Crippen molar-refractivity contribution in [3.05, 3.63) is 494 Å². The summed E-state index contributed by atoms with van der Waals surface area (Å²) >= 11 is 10.7. The van der Waals surface area contributed by atoms with Gasteiger partial charge in [0.15, 0.2) is 0 Å². The Hall–Kier alpha value is -14.5. The summed E-state index contributed by atoms with van der Waals surface area (Å²) in [5, 5.41) is 66.5. The molecule has 0 unspecified atom stereocenters. The molecule has 0 fully saturated rings. The molecular weight excluding hydrogens is 1740 g/mol. The number of rotatable bonds is 8. The van der Waals surface area contributed by atoms with Crippen LogP contribution in [0.5, 0.6) is 0 Å². The summed E-state index contributed by atoms with van der Waals surface area (Å²) in [5.74, 6) is 0. The molecule has 0 atom stereocenters. The summed E-state index contributed by atoms with van der Waals surface area (Å²) in [6, 6.07) is 169. The molecule has 0 aliphatic carbocycles. The number of hydrogen-bond donors (Lipinski definition) is 5. The average molecular weight is 1830 g/mol. The van der Waals surface area contributed by atoms with Crippen molar-refractivity contribution in [2.75, 3.05) is 0 Å². The zero-order chi connectivity index (χ0) is 89.5.